The van der Waals surface area contributed by atoms with Gasteiger partial charge in [-0.1, -0.05) is 221 Å². The lowest BCUT2D eigenvalue weighted by Gasteiger charge is -2.41. The molecule has 1 aliphatic rings. The standard InChI is InChI=1S/C58H101O12P/c1-3-5-7-9-11-13-15-17-19-21-23-25-26-27-28-30-32-34-36-38-40-42-44-46-48-67-49-51(50-68-71(65,66)70-58-56(63)54(61)53(60)55(62)57(58)64)69-52(59)47-45-43-41-39-37-35-33-31-29-24-22-20-18-16-14-12-10-8-6-4-2/h5,7,11,13,17,19,23,25,27-28,32,34,38,40,51,53-58,60-64H,3-4,6,8-10,12,14-16,18,20-22,24,26,29-31,33,35-37,39,41-50H2,1-2H3,(H,65,66)/b7-5-,13-11-,19-17-,25-23-,28-27-,34-32-,40-38-. The number of allylic oxidation sites excluding steroid dienone is 14. The Bertz CT molecular complexity index is 1490. The average molecular weight is 1020 g/mol. The average Bonchev–Trinajstić information content (AvgIpc) is 3.36. The zero-order valence-electron chi connectivity index (χ0n) is 44.2. The van der Waals surface area contributed by atoms with Gasteiger partial charge in [-0.05, 0) is 70.6 Å². The van der Waals surface area contributed by atoms with Crippen LogP contribution >= 0.6 is 7.82 Å². The van der Waals surface area contributed by atoms with Gasteiger partial charge in [0.25, 0.3) is 0 Å². The van der Waals surface area contributed by atoms with E-state index in [1.54, 1.807) is 0 Å². The van der Waals surface area contributed by atoms with Crippen LogP contribution in [0.2, 0.25) is 0 Å². The van der Waals surface area contributed by atoms with Gasteiger partial charge in [0.1, 0.15) is 42.7 Å². The zero-order chi connectivity index (χ0) is 51.9. The molecule has 6 atom stereocenters. The predicted molar refractivity (Wildman–Crippen MR) is 290 cm³/mol. The monoisotopic (exact) mass is 1020 g/mol. The molecule has 12 nitrogen and oxygen atoms in total. The van der Waals surface area contributed by atoms with Gasteiger partial charge in [-0.2, -0.15) is 0 Å². The van der Waals surface area contributed by atoms with Gasteiger partial charge < -0.3 is 39.9 Å². The molecule has 6 unspecified atom stereocenters. The Morgan fingerprint density at radius 3 is 1.24 bits per heavy atom. The molecule has 0 aromatic rings. The summed E-state index contributed by atoms with van der Waals surface area (Å²) < 4.78 is 34.3. The quantitative estimate of drug-likeness (QED) is 0.0146. The minimum atomic E-state index is -5.04. The summed E-state index contributed by atoms with van der Waals surface area (Å²) in [4.78, 5) is 23.3. The van der Waals surface area contributed by atoms with Crippen molar-refractivity contribution in [1.82, 2.24) is 0 Å². The maximum Gasteiger partial charge on any atom is 0.472 e. The lowest BCUT2D eigenvalue weighted by molar-refractivity contribution is -0.220. The normalized spacial score (nSPS) is 21.4. The topological polar surface area (TPSA) is 192 Å². The van der Waals surface area contributed by atoms with E-state index in [-0.39, 0.29) is 13.0 Å². The molecular formula is C58H101O12P. The Labute approximate surface area is 431 Å². The Morgan fingerprint density at radius 1 is 0.465 bits per heavy atom. The molecule has 13 heteroatoms. The molecule has 0 bridgehead atoms. The first kappa shape index (κ1) is 66.5. The number of hydrogen-bond donors (Lipinski definition) is 6. The SMILES string of the molecule is CC/C=C\C/C=C\C/C=C\C/C=C\C/C=C\C/C=C\C/C=C\CCCCOCC(COP(=O)(O)OC1C(O)C(O)C(O)C(O)C1O)OC(=O)CCCCCCCCCCCCCCCCCCCCCC. The van der Waals surface area contributed by atoms with Crippen molar-refractivity contribution in [2.24, 2.45) is 0 Å². The first-order valence-corrected chi connectivity index (χ1v) is 29.4. The van der Waals surface area contributed by atoms with E-state index in [1.165, 1.54) is 103 Å². The van der Waals surface area contributed by atoms with Crippen LogP contribution in [0.4, 0.5) is 0 Å². The second kappa shape index (κ2) is 47.2. The van der Waals surface area contributed by atoms with Gasteiger partial charge in [-0.25, -0.2) is 4.57 Å². The highest BCUT2D eigenvalue weighted by Crippen LogP contribution is 2.47. The molecule has 0 aliphatic heterocycles. The van der Waals surface area contributed by atoms with Crippen molar-refractivity contribution < 1.29 is 58.3 Å². The summed E-state index contributed by atoms with van der Waals surface area (Å²) in [5.74, 6) is -0.492. The number of carbonyl (C=O) groups is 1. The van der Waals surface area contributed by atoms with Gasteiger partial charge in [0.2, 0.25) is 0 Å². The molecule has 1 aliphatic carbocycles. The van der Waals surface area contributed by atoms with Crippen LogP contribution in [-0.2, 0) is 27.9 Å². The number of phosphoric ester groups is 1. The van der Waals surface area contributed by atoms with Crippen LogP contribution in [0.5, 0.6) is 0 Å². The van der Waals surface area contributed by atoms with E-state index in [0.717, 1.165) is 83.5 Å². The van der Waals surface area contributed by atoms with E-state index in [0.29, 0.717) is 13.0 Å². The Hall–Kier alpha value is -2.48. The zero-order valence-corrected chi connectivity index (χ0v) is 45.1. The minimum Gasteiger partial charge on any atom is -0.457 e. The molecule has 0 heterocycles. The third-order valence-electron chi connectivity index (χ3n) is 12.5. The molecule has 410 valence electrons. The second-order valence-corrected chi connectivity index (χ2v) is 20.5. The highest BCUT2D eigenvalue weighted by atomic mass is 31.2. The van der Waals surface area contributed by atoms with Crippen molar-refractivity contribution in [1.29, 1.82) is 0 Å². The molecule has 1 rings (SSSR count). The number of phosphoric acid groups is 1. The fraction of sp³-hybridized carbons (Fsp3) is 0.741. The highest BCUT2D eigenvalue weighted by Gasteiger charge is 2.51. The summed E-state index contributed by atoms with van der Waals surface area (Å²) in [6, 6.07) is 0. The molecule has 0 spiro atoms. The van der Waals surface area contributed by atoms with Crippen LogP contribution in [0.1, 0.15) is 213 Å². The van der Waals surface area contributed by atoms with Crippen LogP contribution in [0.15, 0.2) is 85.1 Å². The lowest BCUT2D eigenvalue weighted by atomic mass is 9.85. The number of rotatable bonds is 47. The number of hydrogen-bond acceptors (Lipinski definition) is 11. The van der Waals surface area contributed by atoms with E-state index in [9.17, 15) is 39.8 Å². The Morgan fingerprint density at radius 2 is 0.831 bits per heavy atom. The van der Waals surface area contributed by atoms with E-state index in [2.05, 4.69) is 98.9 Å². The van der Waals surface area contributed by atoms with E-state index in [1.807, 2.05) is 0 Å². The minimum absolute atomic E-state index is 0.109. The van der Waals surface area contributed by atoms with Crippen molar-refractivity contribution in [3.63, 3.8) is 0 Å². The summed E-state index contributed by atoms with van der Waals surface area (Å²) in [6.45, 7) is 4.07. The van der Waals surface area contributed by atoms with Gasteiger partial charge in [-0.3, -0.25) is 13.8 Å². The molecular weight excluding hydrogens is 920 g/mol. The predicted octanol–water partition coefficient (Wildman–Crippen LogP) is 13.3. The van der Waals surface area contributed by atoms with Gasteiger partial charge in [-0.15, -0.1) is 0 Å². The fourth-order valence-corrected chi connectivity index (χ4v) is 9.13. The van der Waals surface area contributed by atoms with Gasteiger partial charge >= 0.3 is 13.8 Å². The summed E-state index contributed by atoms with van der Waals surface area (Å²) in [5.41, 5.74) is 0. The molecule has 1 fully saturated rings. The molecule has 0 aromatic carbocycles. The van der Waals surface area contributed by atoms with E-state index < -0.39 is 63.1 Å². The molecule has 71 heavy (non-hydrogen) atoms. The third-order valence-corrected chi connectivity index (χ3v) is 13.5. The van der Waals surface area contributed by atoms with E-state index >= 15 is 0 Å². The summed E-state index contributed by atoms with van der Waals surface area (Å²) in [5, 5.41) is 50.4. The number of esters is 1. The second-order valence-electron chi connectivity index (χ2n) is 19.1. The first-order valence-electron chi connectivity index (χ1n) is 27.9. The molecule has 0 amide bonds. The van der Waals surface area contributed by atoms with Crippen LogP contribution in [-0.4, -0.2) is 98.9 Å². The van der Waals surface area contributed by atoms with Crippen LogP contribution < -0.4 is 0 Å². The highest BCUT2D eigenvalue weighted by molar-refractivity contribution is 7.47. The first-order chi connectivity index (χ1) is 34.5. The van der Waals surface area contributed by atoms with Crippen molar-refractivity contribution in [3.05, 3.63) is 85.1 Å². The molecule has 0 saturated heterocycles. The smallest absolute Gasteiger partial charge is 0.457 e. The lowest BCUT2D eigenvalue weighted by Crippen LogP contribution is -2.64. The van der Waals surface area contributed by atoms with Crippen molar-refractivity contribution >= 4 is 13.8 Å². The largest absolute Gasteiger partial charge is 0.472 e. The summed E-state index contributed by atoms with van der Waals surface area (Å²) in [6.07, 6.45) is 52.3. The van der Waals surface area contributed by atoms with Gasteiger partial charge in [0, 0.05) is 13.0 Å². The Balaban J connectivity index is 2.35. The number of carbonyl (C=O) groups excluding carboxylic acids is 1. The van der Waals surface area contributed by atoms with Crippen LogP contribution in [0.3, 0.4) is 0 Å². The van der Waals surface area contributed by atoms with Gasteiger partial charge in [0.05, 0.1) is 13.2 Å². The number of aliphatic hydroxyl groups is 5. The van der Waals surface area contributed by atoms with Crippen molar-refractivity contribution in [2.75, 3.05) is 19.8 Å². The third kappa shape index (κ3) is 38.7. The maximum absolute atomic E-state index is 12.9. The fourth-order valence-electron chi connectivity index (χ4n) is 8.16. The molecule has 0 radical (unpaired) electrons. The number of aliphatic hydroxyl groups excluding tert-OH is 5. The molecule has 1 saturated carbocycles. The van der Waals surface area contributed by atoms with Crippen LogP contribution in [0.25, 0.3) is 0 Å². The van der Waals surface area contributed by atoms with Crippen molar-refractivity contribution in [3.8, 4) is 0 Å². The summed E-state index contributed by atoms with van der Waals surface area (Å²) >= 11 is 0. The number of unbranched alkanes of at least 4 members (excludes halogenated alkanes) is 21. The van der Waals surface area contributed by atoms with Crippen molar-refractivity contribution in [2.45, 2.75) is 256 Å². The number of ether oxygens (including phenoxy) is 2. The molecule has 6 N–H and O–H groups in total. The Kier molecular flexibility index (Phi) is 44.3. The summed E-state index contributed by atoms with van der Waals surface area (Å²) in [7, 11) is -5.04. The van der Waals surface area contributed by atoms with Gasteiger partial charge in [0.15, 0.2) is 0 Å². The van der Waals surface area contributed by atoms with E-state index in [4.69, 9.17) is 18.5 Å². The molecule has 0 aromatic heterocycles. The maximum atomic E-state index is 12.9. The van der Waals surface area contributed by atoms with Crippen LogP contribution in [0, 0.1) is 0 Å².